The van der Waals surface area contributed by atoms with E-state index < -0.39 is 0 Å². The first kappa shape index (κ1) is 19.5. The van der Waals surface area contributed by atoms with Crippen LogP contribution in [0, 0.1) is 16.1 Å². The maximum absolute atomic E-state index is 12.7. The number of nitriles is 1. The number of nitrogens with zero attached hydrogens (tertiary/aromatic N) is 2. The third-order valence-electron chi connectivity index (χ3n) is 4.22. The SMILES string of the molecule is COCCCn1c(=S)[nH]c2cc(C(=O)Nc3cccc(C#N)c3)ccc2c1=O. The summed E-state index contributed by atoms with van der Waals surface area (Å²) in [6.45, 7) is 0.987. The number of fused-ring (bicyclic) bond motifs is 1. The van der Waals surface area contributed by atoms with Crippen LogP contribution in [0.15, 0.2) is 47.3 Å². The second-order valence-corrected chi connectivity index (χ2v) is 6.53. The van der Waals surface area contributed by atoms with Crippen molar-refractivity contribution in [1.82, 2.24) is 9.55 Å². The van der Waals surface area contributed by atoms with E-state index in [-0.39, 0.29) is 11.5 Å². The molecule has 0 bridgehead atoms. The molecule has 3 aromatic rings. The van der Waals surface area contributed by atoms with Gasteiger partial charge in [-0.2, -0.15) is 5.26 Å². The number of carbonyl (C=O) groups excluding carboxylic acids is 1. The Morgan fingerprint density at radius 2 is 2.14 bits per heavy atom. The van der Waals surface area contributed by atoms with Gasteiger partial charge in [-0.25, -0.2) is 0 Å². The van der Waals surface area contributed by atoms with E-state index in [9.17, 15) is 9.59 Å². The number of hydrogen-bond acceptors (Lipinski definition) is 5. The number of methoxy groups -OCH3 is 1. The lowest BCUT2D eigenvalue weighted by Crippen LogP contribution is -2.23. The molecule has 0 spiro atoms. The molecule has 0 fully saturated rings. The van der Waals surface area contributed by atoms with Crippen molar-refractivity contribution in [2.75, 3.05) is 19.0 Å². The number of anilines is 1. The van der Waals surface area contributed by atoms with E-state index in [1.807, 2.05) is 6.07 Å². The van der Waals surface area contributed by atoms with E-state index in [0.29, 0.717) is 52.1 Å². The standard InChI is InChI=1S/C20H18N4O3S/c1-27-9-3-8-24-19(26)16-7-6-14(11-17(16)23-20(24)28)18(25)22-15-5-2-4-13(10-15)12-21/h2,4-7,10-11H,3,8-9H2,1H3,(H,22,25)(H,23,28). The minimum Gasteiger partial charge on any atom is -0.385 e. The van der Waals surface area contributed by atoms with Crippen LogP contribution in [0.25, 0.3) is 10.9 Å². The van der Waals surface area contributed by atoms with Crippen LogP contribution in [0.1, 0.15) is 22.3 Å². The van der Waals surface area contributed by atoms with Crippen molar-refractivity contribution in [3.8, 4) is 6.07 Å². The van der Waals surface area contributed by atoms with Crippen LogP contribution in [-0.2, 0) is 11.3 Å². The number of aromatic nitrogens is 2. The molecule has 1 aromatic heterocycles. The van der Waals surface area contributed by atoms with Gasteiger partial charge in [0.05, 0.1) is 22.5 Å². The lowest BCUT2D eigenvalue weighted by atomic mass is 10.1. The molecule has 2 aromatic carbocycles. The molecule has 7 nitrogen and oxygen atoms in total. The monoisotopic (exact) mass is 394 g/mol. The number of ether oxygens (including phenoxy) is 1. The van der Waals surface area contributed by atoms with E-state index >= 15 is 0 Å². The molecule has 0 saturated carbocycles. The lowest BCUT2D eigenvalue weighted by Gasteiger charge is -2.09. The molecule has 1 heterocycles. The Morgan fingerprint density at radius 1 is 1.32 bits per heavy atom. The van der Waals surface area contributed by atoms with Gasteiger partial charge < -0.3 is 15.0 Å². The van der Waals surface area contributed by atoms with Crippen LogP contribution >= 0.6 is 12.2 Å². The Morgan fingerprint density at radius 3 is 2.89 bits per heavy atom. The summed E-state index contributed by atoms with van der Waals surface area (Å²) in [5.41, 5.74) is 1.64. The van der Waals surface area contributed by atoms with Crippen molar-refractivity contribution in [3.63, 3.8) is 0 Å². The van der Waals surface area contributed by atoms with Crippen LogP contribution in [0.4, 0.5) is 5.69 Å². The van der Waals surface area contributed by atoms with Crippen LogP contribution < -0.4 is 10.9 Å². The first-order chi connectivity index (χ1) is 13.5. The molecule has 28 heavy (non-hydrogen) atoms. The average Bonchev–Trinajstić information content (AvgIpc) is 2.70. The summed E-state index contributed by atoms with van der Waals surface area (Å²) >= 11 is 5.29. The van der Waals surface area contributed by atoms with E-state index in [1.54, 1.807) is 49.6 Å². The van der Waals surface area contributed by atoms with Gasteiger partial charge in [0.1, 0.15) is 0 Å². The van der Waals surface area contributed by atoms with Gasteiger partial charge in [-0.1, -0.05) is 6.07 Å². The minimum atomic E-state index is -0.347. The number of aromatic amines is 1. The fourth-order valence-electron chi connectivity index (χ4n) is 2.84. The number of amides is 1. The van der Waals surface area contributed by atoms with Gasteiger partial charge in [0.2, 0.25) is 0 Å². The van der Waals surface area contributed by atoms with Gasteiger partial charge in [0, 0.05) is 31.5 Å². The zero-order valence-electron chi connectivity index (χ0n) is 15.2. The highest BCUT2D eigenvalue weighted by atomic mass is 32.1. The zero-order valence-corrected chi connectivity index (χ0v) is 16.0. The van der Waals surface area contributed by atoms with Crippen molar-refractivity contribution in [1.29, 1.82) is 5.26 Å². The molecule has 142 valence electrons. The Hall–Kier alpha value is -3.28. The van der Waals surface area contributed by atoms with Crippen LogP contribution in [-0.4, -0.2) is 29.2 Å². The molecule has 0 saturated heterocycles. The second-order valence-electron chi connectivity index (χ2n) is 6.14. The molecule has 2 N–H and O–H groups in total. The van der Waals surface area contributed by atoms with Gasteiger partial charge >= 0.3 is 0 Å². The summed E-state index contributed by atoms with van der Waals surface area (Å²) in [5, 5.41) is 12.2. The quantitative estimate of drug-likeness (QED) is 0.494. The van der Waals surface area contributed by atoms with Crippen LogP contribution in [0.5, 0.6) is 0 Å². The van der Waals surface area contributed by atoms with Gasteiger partial charge in [-0.3, -0.25) is 14.2 Å². The smallest absolute Gasteiger partial charge is 0.262 e. The Kier molecular flexibility index (Phi) is 5.99. The third-order valence-corrected chi connectivity index (χ3v) is 4.55. The molecule has 0 unspecified atom stereocenters. The topological polar surface area (TPSA) is 99.9 Å². The highest BCUT2D eigenvalue weighted by Gasteiger charge is 2.11. The molecule has 8 heteroatoms. The van der Waals surface area contributed by atoms with E-state index in [2.05, 4.69) is 10.3 Å². The molecule has 1 amide bonds. The molecule has 0 radical (unpaired) electrons. The summed E-state index contributed by atoms with van der Waals surface area (Å²) < 4.78 is 6.80. The third kappa shape index (κ3) is 4.17. The Labute approximate surface area is 166 Å². The number of nitrogens with one attached hydrogen (secondary N) is 2. The van der Waals surface area contributed by atoms with Crippen LogP contribution in [0.3, 0.4) is 0 Å². The van der Waals surface area contributed by atoms with Gasteiger partial charge in [0.15, 0.2) is 4.77 Å². The summed E-state index contributed by atoms with van der Waals surface area (Å²) in [6, 6.07) is 13.5. The van der Waals surface area contributed by atoms with Crippen molar-refractivity contribution < 1.29 is 9.53 Å². The number of carbonyl (C=O) groups is 1. The number of H-pyrrole nitrogens is 1. The van der Waals surface area contributed by atoms with Crippen molar-refractivity contribution in [3.05, 3.63) is 68.7 Å². The van der Waals surface area contributed by atoms with E-state index in [4.69, 9.17) is 22.2 Å². The molecule has 0 aliphatic rings. The predicted molar refractivity (Wildman–Crippen MR) is 109 cm³/mol. The highest BCUT2D eigenvalue weighted by Crippen LogP contribution is 2.15. The first-order valence-corrected chi connectivity index (χ1v) is 9.01. The van der Waals surface area contributed by atoms with Crippen molar-refractivity contribution >= 4 is 34.7 Å². The summed E-state index contributed by atoms with van der Waals surface area (Å²) in [6.07, 6.45) is 0.668. The van der Waals surface area contributed by atoms with Crippen LogP contribution in [0.2, 0.25) is 0 Å². The summed E-state index contributed by atoms with van der Waals surface area (Å²) in [5.74, 6) is -0.347. The van der Waals surface area contributed by atoms with E-state index in [1.165, 1.54) is 4.57 Å². The Bertz CT molecular complexity index is 1190. The fourth-order valence-corrected chi connectivity index (χ4v) is 3.12. The second kappa shape index (κ2) is 8.61. The Balaban J connectivity index is 1.90. The minimum absolute atomic E-state index is 0.205. The molecule has 0 atom stereocenters. The maximum atomic E-state index is 12.7. The van der Waals surface area contributed by atoms with Crippen molar-refractivity contribution in [2.45, 2.75) is 13.0 Å². The van der Waals surface area contributed by atoms with Crippen molar-refractivity contribution in [2.24, 2.45) is 0 Å². The summed E-state index contributed by atoms with van der Waals surface area (Å²) in [7, 11) is 1.60. The number of rotatable bonds is 6. The summed E-state index contributed by atoms with van der Waals surface area (Å²) in [4.78, 5) is 28.2. The highest BCUT2D eigenvalue weighted by molar-refractivity contribution is 7.71. The lowest BCUT2D eigenvalue weighted by molar-refractivity contribution is 0.102. The van der Waals surface area contributed by atoms with Gasteiger partial charge in [0.25, 0.3) is 11.5 Å². The fraction of sp³-hybridized carbons (Fsp3) is 0.200. The largest absolute Gasteiger partial charge is 0.385 e. The van der Waals surface area contributed by atoms with Gasteiger partial charge in [-0.15, -0.1) is 0 Å². The van der Waals surface area contributed by atoms with E-state index in [0.717, 1.165) is 0 Å². The normalized spacial score (nSPS) is 10.6. The first-order valence-electron chi connectivity index (χ1n) is 8.61. The molecular weight excluding hydrogens is 376 g/mol. The van der Waals surface area contributed by atoms with Gasteiger partial charge in [-0.05, 0) is 55.0 Å². The number of hydrogen-bond donors (Lipinski definition) is 2. The maximum Gasteiger partial charge on any atom is 0.262 e. The molecule has 0 aliphatic carbocycles. The molecule has 3 rings (SSSR count). The average molecular weight is 394 g/mol. The molecular formula is C20H18N4O3S. The predicted octanol–water partition coefficient (Wildman–Crippen LogP) is 3.22. The molecule has 0 aliphatic heterocycles. The zero-order chi connectivity index (χ0) is 20.1. The number of benzene rings is 2.